The van der Waals surface area contributed by atoms with Gasteiger partial charge in [-0.2, -0.15) is 0 Å². The fourth-order valence-corrected chi connectivity index (χ4v) is 6.47. The normalized spacial score (nSPS) is 28.0. The van der Waals surface area contributed by atoms with Crippen molar-refractivity contribution in [1.29, 1.82) is 0 Å². The number of hydrogen-bond acceptors (Lipinski definition) is 4. The van der Waals surface area contributed by atoms with E-state index in [9.17, 15) is 9.59 Å². The highest BCUT2D eigenvalue weighted by molar-refractivity contribution is 5.91. The summed E-state index contributed by atoms with van der Waals surface area (Å²) in [5, 5.41) is 2.98. The number of esters is 1. The highest BCUT2D eigenvalue weighted by Crippen LogP contribution is 2.42. The zero-order valence-corrected chi connectivity index (χ0v) is 20.0. The van der Waals surface area contributed by atoms with Crippen LogP contribution in [0, 0.1) is 5.92 Å². The molecule has 0 radical (unpaired) electrons. The summed E-state index contributed by atoms with van der Waals surface area (Å²) >= 11 is 0. The molecule has 6 rings (SSSR count). The van der Waals surface area contributed by atoms with Crippen LogP contribution in [0.4, 0.5) is 5.69 Å². The maximum Gasteiger partial charge on any atom is 0.317 e. The second kappa shape index (κ2) is 9.87. The van der Waals surface area contributed by atoms with Crippen molar-refractivity contribution in [3.8, 4) is 0 Å². The number of rotatable bonds is 6. The molecule has 0 spiro atoms. The molecule has 4 heterocycles. The average Bonchev–Trinajstić information content (AvgIpc) is 3.13. The van der Waals surface area contributed by atoms with Gasteiger partial charge < -0.3 is 14.5 Å². The number of carbonyl (C=O) groups excluding carboxylic acids is 2. The molecule has 34 heavy (non-hydrogen) atoms. The van der Waals surface area contributed by atoms with Gasteiger partial charge in [-0.25, -0.2) is 0 Å². The minimum Gasteiger partial charge on any atom is -0.455 e. The number of piperidine rings is 3. The summed E-state index contributed by atoms with van der Waals surface area (Å²) < 4.78 is 7.11. The summed E-state index contributed by atoms with van der Waals surface area (Å²) in [6.07, 6.45) is 11.5. The Bertz CT molecular complexity index is 978. The van der Waals surface area contributed by atoms with Crippen LogP contribution in [0.25, 0.3) is 0 Å². The van der Waals surface area contributed by atoms with E-state index in [-0.39, 0.29) is 18.0 Å². The third-order valence-corrected chi connectivity index (χ3v) is 8.40. The van der Waals surface area contributed by atoms with E-state index in [0.717, 1.165) is 69.4 Å². The molecule has 4 aliphatic rings. The monoisotopic (exact) mass is 462 g/mol. The number of benzene rings is 1. The van der Waals surface area contributed by atoms with E-state index in [0.29, 0.717) is 16.9 Å². The predicted molar refractivity (Wildman–Crippen MR) is 131 cm³/mol. The maximum atomic E-state index is 13.9. The van der Waals surface area contributed by atoms with Crippen LogP contribution in [0.5, 0.6) is 0 Å². The summed E-state index contributed by atoms with van der Waals surface area (Å²) in [6.45, 7) is 3.10. The van der Waals surface area contributed by atoms with Gasteiger partial charge in [-0.15, -0.1) is 0 Å². The number of ether oxygens (including phenoxy) is 1. The molecule has 2 bridgehead atoms. The summed E-state index contributed by atoms with van der Waals surface area (Å²) in [7, 11) is 0. The molecule has 2 aromatic rings. The molecule has 6 heteroatoms. The fourth-order valence-electron chi connectivity index (χ4n) is 6.47. The van der Waals surface area contributed by atoms with Crippen LogP contribution in [0.15, 0.2) is 54.9 Å². The fraction of sp³-hybridized carbons (Fsp3) is 0.536. The van der Waals surface area contributed by atoms with Crippen molar-refractivity contribution < 1.29 is 18.8 Å². The zero-order valence-electron chi connectivity index (χ0n) is 20.0. The van der Waals surface area contributed by atoms with E-state index in [4.69, 9.17) is 4.74 Å². The number of aromatic nitrogens is 1. The molecule has 3 saturated heterocycles. The van der Waals surface area contributed by atoms with Crippen LogP contribution in [-0.4, -0.2) is 53.6 Å². The lowest BCUT2D eigenvalue weighted by Gasteiger charge is -2.52. The number of fused-ring (bicyclic) bond motifs is 3. The lowest BCUT2D eigenvalue weighted by atomic mass is 9.74. The van der Waals surface area contributed by atoms with Crippen molar-refractivity contribution in [3.63, 3.8) is 0 Å². The molecule has 0 unspecified atom stereocenters. The predicted octanol–water partition coefficient (Wildman–Crippen LogP) is 4.46. The van der Waals surface area contributed by atoms with E-state index in [1.807, 2.05) is 30.3 Å². The Labute approximate surface area is 202 Å². The molecule has 6 nitrogen and oxygen atoms in total. The molecule has 1 atom stereocenters. The first-order valence-electron chi connectivity index (χ1n) is 12.9. The molecule has 1 amide bonds. The van der Waals surface area contributed by atoms with Gasteiger partial charge in [-0.05, 0) is 30.5 Å². The number of pyridine rings is 1. The Morgan fingerprint density at radius 1 is 1.00 bits per heavy atom. The topological polar surface area (TPSA) is 68.3 Å². The van der Waals surface area contributed by atoms with Crippen LogP contribution < -0.4 is 5.32 Å². The molecular weight excluding hydrogens is 426 g/mol. The summed E-state index contributed by atoms with van der Waals surface area (Å²) in [5.74, 6) is 0.365. The number of anilines is 1. The second-order valence-electron chi connectivity index (χ2n) is 10.6. The van der Waals surface area contributed by atoms with Crippen molar-refractivity contribution in [1.82, 2.24) is 4.98 Å². The molecule has 1 aromatic heterocycles. The third kappa shape index (κ3) is 4.74. The van der Waals surface area contributed by atoms with Gasteiger partial charge in [0.2, 0.25) is 0 Å². The molecule has 180 valence electrons. The van der Waals surface area contributed by atoms with Gasteiger partial charge in [0.25, 0.3) is 5.91 Å². The first-order valence-corrected chi connectivity index (χ1v) is 12.9. The Kier molecular flexibility index (Phi) is 6.68. The number of hydrogen-bond donors (Lipinski definition) is 1. The van der Waals surface area contributed by atoms with Gasteiger partial charge >= 0.3 is 5.97 Å². The lowest BCUT2D eigenvalue weighted by Crippen LogP contribution is -2.66. The first-order chi connectivity index (χ1) is 16.6. The Balaban J connectivity index is 1.30. The van der Waals surface area contributed by atoms with Crippen molar-refractivity contribution >= 4 is 17.6 Å². The van der Waals surface area contributed by atoms with E-state index >= 15 is 0 Å². The lowest BCUT2D eigenvalue weighted by molar-refractivity contribution is -0.939. The maximum absolute atomic E-state index is 13.9. The summed E-state index contributed by atoms with van der Waals surface area (Å²) in [5.41, 5.74) is 1.29. The van der Waals surface area contributed by atoms with Crippen molar-refractivity contribution in [3.05, 3.63) is 60.4 Å². The summed E-state index contributed by atoms with van der Waals surface area (Å²) in [6, 6.07) is 13.9. The quantitative estimate of drug-likeness (QED) is 0.391. The minimum absolute atomic E-state index is 0.00273. The van der Waals surface area contributed by atoms with Crippen molar-refractivity contribution in [2.24, 2.45) is 5.92 Å². The Morgan fingerprint density at radius 2 is 1.74 bits per heavy atom. The van der Waals surface area contributed by atoms with Gasteiger partial charge in [-0.3, -0.25) is 14.6 Å². The first kappa shape index (κ1) is 23.0. The number of amides is 1. The molecule has 4 fully saturated rings. The van der Waals surface area contributed by atoms with Crippen molar-refractivity contribution in [2.75, 3.05) is 31.5 Å². The Hall–Kier alpha value is -2.73. The van der Waals surface area contributed by atoms with Gasteiger partial charge in [-0.1, -0.05) is 56.0 Å². The number of nitrogens with zero attached hydrogens (tertiary/aromatic N) is 2. The standard InChI is InChI=1S/C28H35N3O3/c32-26(30-24-11-8-16-29-19-24)21-31-17-12-22(13-18-31)25(20-31)34-27(33)28(14-6-1-2-7-15-28)23-9-4-3-5-10-23/h3-5,8-11,16,19,22,25H,1-2,6-7,12-15,17-18,20-21H2/p+1/t22?,25-,31?/m0/s1. The second-order valence-corrected chi connectivity index (χ2v) is 10.6. The summed E-state index contributed by atoms with van der Waals surface area (Å²) in [4.78, 5) is 30.8. The van der Waals surface area contributed by atoms with E-state index in [2.05, 4.69) is 22.4 Å². The minimum atomic E-state index is -0.535. The average molecular weight is 463 g/mol. The SMILES string of the molecule is O=C(C[N+]12CCC(CC1)[C@@H](OC(=O)C1(c3ccccc3)CCCCCC1)C2)Nc1cccnc1. The van der Waals surface area contributed by atoms with Crippen LogP contribution in [0.2, 0.25) is 0 Å². The molecule has 3 aliphatic heterocycles. The molecule has 1 saturated carbocycles. The van der Waals surface area contributed by atoms with E-state index < -0.39 is 5.41 Å². The number of carbonyl (C=O) groups is 2. The van der Waals surface area contributed by atoms with Gasteiger partial charge in [0.05, 0.1) is 30.4 Å². The number of quaternary nitrogens is 1. The van der Waals surface area contributed by atoms with Crippen LogP contribution in [0.3, 0.4) is 0 Å². The molecular formula is C28H36N3O3+. The Morgan fingerprint density at radius 3 is 2.41 bits per heavy atom. The molecule has 1 N–H and O–H groups in total. The molecule has 1 aromatic carbocycles. The van der Waals surface area contributed by atoms with Crippen LogP contribution in [0.1, 0.15) is 56.9 Å². The van der Waals surface area contributed by atoms with Crippen molar-refractivity contribution in [2.45, 2.75) is 62.9 Å². The van der Waals surface area contributed by atoms with E-state index in [1.165, 1.54) is 12.8 Å². The van der Waals surface area contributed by atoms with Crippen LogP contribution in [-0.2, 0) is 19.7 Å². The molecule has 1 aliphatic carbocycles. The third-order valence-electron chi connectivity index (χ3n) is 8.40. The smallest absolute Gasteiger partial charge is 0.317 e. The zero-order chi connectivity index (χ0) is 23.4. The van der Waals surface area contributed by atoms with Crippen LogP contribution >= 0.6 is 0 Å². The van der Waals surface area contributed by atoms with Gasteiger partial charge in [0.15, 0.2) is 12.6 Å². The number of nitrogens with one attached hydrogen (secondary N) is 1. The van der Waals surface area contributed by atoms with Gasteiger partial charge in [0, 0.05) is 25.0 Å². The van der Waals surface area contributed by atoms with Gasteiger partial charge in [0.1, 0.15) is 6.54 Å². The highest BCUT2D eigenvalue weighted by Gasteiger charge is 2.51. The largest absolute Gasteiger partial charge is 0.455 e. The van der Waals surface area contributed by atoms with E-state index in [1.54, 1.807) is 12.4 Å². The highest BCUT2D eigenvalue weighted by atomic mass is 16.5.